The van der Waals surface area contributed by atoms with Crippen molar-refractivity contribution in [3.8, 4) is 0 Å². The minimum Gasteiger partial charge on any atom is -0.464 e. The number of hydrogen-bond donors (Lipinski definition) is 0. The fourth-order valence-electron chi connectivity index (χ4n) is 3.73. The van der Waals surface area contributed by atoms with Gasteiger partial charge in [0, 0.05) is 18.9 Å². The van der Waals surface area contributed by atoms with E-state index in [-0.39, 0.29) is 17.8 Å². The second-order valence-corrected chi connectivity index (χ2v) is 6.83. The highest BCUT2D eigenvalue weighted by Gasteiger charge is 2.54. The first-order valence-electron chi connectivity index (χ1n) is 8.61. The highest BCUT2D eigenvalue weighted by atomic mass is 16.5. The average molecular weight is 315 g/mol. The molecule has 0 unspecified atom stereocenters. The van der Waals surface area contributed by atoms with Crippen molar-refractivity contribution in [1.82, 2.24) is 4.90 Å². The highest BCUT2D eigenvalue weighted by Crippen LogP contribution is 2.43. The molecule has 1 aromatic carbocycles. The van der Waals surface area contributed by atoms with Crippen molar-refractivity contribution < 1.29 is 14.3 Å². The standard InChI is InChI=1S/C19H25NO3/c1-3-23-18(22)19(13-15-8-5-4-6-9-15)10-7-11-20(19)17(21)16-12-14(16)2/h4-6,8-9,14,16H,3,7,10-13H2,1-2H3/t14-,16+,19+/m0/s1. The third kappa shape index (κ3) is 2.99. The predicted molar refractivity (Wildman–Crippen MR) is 87.7 cm³/mol. The third-order valence-electron chi connectivity index (χ3n) is 5.18. The summed E-state index contributed by atoms with van der Waals surface area (Å²) in [5.74, 6) is 0.430. The zero-order valence-corrected chi connectivity index (χ0v) is 14.0. The number of carbonyl (C=O) groups excluding carboxylic acids is 2. The Morgan fingerprint density at radius 1 is 1.30 bits per heavy atom. The molecule has 2 aliphatic rings. The van der Waals surface area contributed by atoms with E-state index in [0.29, 0.717) is 31.9 Å². The molecule has 2 fully saturated rings. The second kappa shape index (κ2) is 6.34. The van der Waals surface area contributed by atoms with Crippen LogP contribution in [-0.2, 0) is 20.7 Å². The minimum absolute atomic E-state index is 0.0951. The van der Waals surface area contributed by atoms with Crippen molar-refractivity contribution in [3.05, 3.63) is 35.9 Å². The maximum atomic E-state index is 12.9. The Labute approximate surface area is 137 Å². The maximum Gasteiger partial charge on any atom is 0.332 e. The molecule has 0 bridgehead atoms. The zero-order chi connectivity index (χ0) is 16.4. The molecule has 3 atom stereocenters. The van der Waals surface area contributed by atoms with Crippen LogP contribution in [0, 0.1) is 11.8 Å². The molecule has 1 amide bonds. The summed E-state index contributed by atoms with van der Waals surface area (Å²) in [5.41, 5.74) is 0.251. The van der Waals surface area contributed by atoms with Gasteiger partial charge in [-0.3, -0.25) is 4.79 Å². The number of benzene rings is 1. The molecule has 0 radical (unpaired) electrons. The fourth-order valence-corrected chi connectivity index (χ4v) is 3.73. The monoisotopic (exact) mass is 315 g/mol. The number of rotatable bonds is 5. The number of hydrogen-bond acceptors (Lipinski definition) is 3. The SMILES string of the molecule is CCOC(=O)[C@]1(Cc2ccccc2)CCCN1C(=O)[C@@H]1C[C@@H]1C. The average Bonchev–Trinajstić information content (AvgIpc) is 3.13. The molecule has 1 aliphatic carbocycles. The van der Waals surface area contributed by atoms with Crippen molar-refractivity contribution in [2.24, 2.45) is 11.8 Å². The summed E-state index contributed by atoms with van der Waals surface area (Å²) in [5, 5.41) is 0. The molecule has 3 rings (SSSR count). The van der Waals surface area contributed by atoms with E-state index in [1.807, 2.05) is 42.2 Å². The summed E-state index contributed by atoms with van der Waals surface area (Å²) in [7, 11) is 0. The maximum absolute atomic E-state index is 12.9. The van der Waals surface area contributed by atoms with Gasteiger partial charge in [-0.15, -0.1) is 0 Å². The lowest BCUT2D eigenvalue weighted by Gasteiger charge is -2.36. The van der Waals surface area contributed by atoms with E-state index in [0.717, 1.165) is 18.4 Å². The Balaban J connectivity index is 1.90. The van der Waals surface area contributed by atoms with Gasteiger partial charge in [0.2, 0.25) is 5.91 Å². The van der Waals surface area contributed by atoms with Crippen molar-refractivity contribution in [2.45, 2.75) is 45.1 Å². The second-order valence-electron chi connectivity index (χ2n) is 6.83. The highest BCUT2D eigenvalue weighted by molar-refractivity contribution is 5.91. The third-order valence-corrected chi connectivity index (χ3v) is 5.18. The van der Waals surface area contributed by atoms with Crippen LogP contribution in [0.1, 0.15) is 38.7 Å². The fraction of sp³-hybridized carbons (Fsp3) is 0.579. The van der Waals surface area contributed by atoms with E-state index in [2.05, 4.69) is 6.92 Å². The molecular formula is C19H25NO3. The predicted octanol–water partition coefficient (Wildman–Crippen LogP) is 2.81. The molecule has 23 heavy (non-hydrogen) atoms. The quantitative estimate of drug-likeness (QED) is 0.785. The Morgan fingerprint density at radius 3 is 2.61 bits per heavy atom. The normalized spacial score (nSPS) is 29.4. The molecule has 1 heterocycles. The first-order chi connectivity index (χ1) is 11.1. The molecule has 1 saturated carbocycles. The number of carbonyl (C=O) groups is 2. The van der Waals surface area contributed by atoms with Crippen LogP contribution < -0.4 is 0 Å². The van der Waals surface area contributed by atoms with Gasteiger partial charge in [0.25, 0.3) is 0 Å². The van der Waals surface area contributed by atoms with Crippen molar-refractivity contribution in [2.75, 3.05) is 13.2 Å². The van der Waals surface area contributed by atoms with Gasteiger partial charge >= 0.3 is 5.97 Å². The number of amides is 1. The van der Waals surface area contributed by atoms with Gasteiger partial charge in [-0.2, -0.15) is 0 Å². The molecule has 0 aromatic heterocycles. The van der Waals surface area contributed by atoms with E-state index in [1.165, 1.54) is 0 Å². The van der Waals surface area contributed by atoms with Crippen LogP contribution in [0.3, 0.4) is 0 Å². The van der Waals surface area contributed by atoms with Gasteiger partial charge < -0.3 is 9.64 Å². The van der Waals surface area contributed by atoms with Gasteiger partial charge in [0.15, 0.2) is 0 Å². The van der Waals surface area contributed by atoms with Crippen LogP contribution in [0.2, 0.25) is 0 Å². The number of esters is 1. The lowest BCUT2D eigenvalue weighted by molar-refractivity contribution is -0.162. The molecule has 1 aromatic rings. The van der Waals surface area contributed by atoms with E-state index in [4.69, 9.17) is 4.74 Å². The lowest BCUT2D eigenvalue weighted by atomic mass is 9.87. The van der Waals surface area contributed by atoms with E-state index in [1.54, 1.807) is 0 Å². The van der Waals surface area contributed by atoms with Gasteiger partial charge in [-0.1, -0.05) is 37.3 Å². The van der Waals surface area contributed by atoms with Crippen LogP contribution in [0.15, 0.2) is 30.3 Å². The first-order valence-corrected chi connectivity index (χ1v) is 8.61. The lowest BCUT2D eigenvalue weighted by Crippen LogP contribution is -2.56. The molecule has 1 aliphatic heterocycles. The van der Waals surface area contributed by atoms with Gasteiger partial charge in [0.1, 0.15) is 5.54 Å². The molecular weight excluding hydrogens is 290 g/mol. The molecule has 4 nitrogen and oxygen atoms in total. The largest absolute Gasteiger partial charge is 0.464 e. The van der Waals surface area contributed by atoms with E-state index in [9.17, 15) is 9.59 Å². The number of ether oxygens (including phenoxy) is 1. The Bertz CT molecular complexity index is 586. The summed E-state index contributed by atoms with van der Waals surface area (Å²) in [4.78, 5) is 27.5. The van der Waals surface area contributed by atoms with Crippen LogP contribution >= 0.6 is 0 Å². The molecule has 1 saturated heterocycles. The summed E-state index contributed by atoms with van der Waals surface area (Å²) in [6, 6.07) is 9.93. The Morgan fingerprint density at radius 2 is 2.00 bits per heavy atom. The van der Waals surface area contributed by atoms with E-state index >= 15 is 0 Å². The van der Waals surface area contributed by atoms with Crippen LogP contribution in [0.25, 0.3) is 0 Å². The van der Waals surface area contributed by atoms with Gasteiger partial charge in [-0.25, -0.2) is 4.79 Å². The van der Waals surface area contributed by atoms with Gasteiger partial charge in [0.05, 0.1) is 6.61 Å². The Hall–Kier alpha value is -1.84. The summed E-state index contributed by atoms with van der Waals surface area (Å²) in [6.45, 7) is 4.92. The summed E-state index contributed by atoms with van der Waals surface area (Å²) in [6.07, 6.45) is 3.03. The minimum atomic E-state index is -0.823. The molecule has 0 spiro atoms. The van der Waals surface area contributed by atoms with Gasteiger partial charge in [-0.05, 0) is 37.7 Å². The summed E-state index contributed by atoms with van der Waals surface area (Å²) >= 11 is 0. The first kappa shape index (κ1) is 16.0. The van der Waals surface area contributed by atoms with Crippen molar-refractivity contribution in [1.29, 1.82) is 0 Å². The van der Waals surface area contributed by atoms with Crippen LogP contribution in [0.5, 0.6) is 0 Å². The molecule has 4 heteroatoms. The van der Waals surface area contributed by atoms with Crippen LogP contribution in [0.4, 0.5) is 0 Å². The number of likely N-dealkylation sites (tertiary alicyclic amines) is 1. The van der Waals surface area contributed by atoms with E-state index < -0.39 is 5.54 Å². The smallest absolute Gasteiger partial charge is 0.332 e. The summed E-state index contributed by atoms with van der Waals surface area (Å²) < 4.78 is 5.38. The molecule has 124 valence electrons. The zero-order valence-electron chi connectivity index (χ0n) is 14.0. The Kier molecular flexibility index (Phi) is 4.42. The topological polar surface area (TPSA) is 46.6 Å². The van der Waals surface area contributed by atoms with Crippen LogP contribution in [-0.4, -0.2) is 35.5 Å². The van der Waals surface area contributed by atoms with Crippen molar-refractivity contribution >= 4 is 11.9 Å². The van der Waals surface area contributed by atoms with Crippen molar-refractivity contribution in [3.63, 3.8) is 0 Å². The molecule has 0 N–H and O–H groups in total. The number of nitrogens with zero attached hydrogens (tertiary/aromatic N) is 1.